The summed E-state index contributed by atoms with van der Waals surface area (Å²) in [5, 5.41) is 15.1. The highest BCUT2D eigenvalue weighted by molar-refractivity contribution is 5.44. The number of hydrogen-bond acceptors (Lipinski definition) is 7. The van der Waals surface area contributed by atoms with E-state index in [9.17, 15) is 0 Å². The van der Waals surface area contributed by atoms with Crippen molar-refractivity contribution in [2.45, 2.75) is 26.2 Å². The van der Waals surface area contributed by atoms with Crippen molar-refractivity contribution in [2.24, 2.45) is 5.92 Å². The Bertz CT molecular complexity index is 421. The van der Waals surface area contributed by atoms with E-state index in [-0.39, 0.29) is 6.61 Å². The predicted molar refractivity (Wildman–Crippen MR) is 80.2 cm³/mol. The molecule has 20 heavy (non-hydrogen) atoms. The third-order valence-corrected chi connectivity index (χ3v) is 3.47. The fourth-order valence-corrected chi connectivity index (χ4v) is 2.20. The largest absolute Gasteiger partial charge is 0.396 e. The number of anilines is 3. The van der Waals surface area contributed by atoms with E-state index in [0.29, 0.717) is 17.8 Å². The molecule has 0 spiro atoms. The Balaban J connectivity index is 2.05. The molecule has 0 amide bonds. The Labute approximate surface area is 119 Å². The first-order valence-corrected chi connectivity index (χ1v) is 7.26. The van der Waals surface area contributed by atoms with Gasteiger partial charge in [-0.25, -0.2) is 0 Å². The molecule has 0 aliphatic carbocycles. The Morgan fingerprint density at radius 2 is 1.90 bits per heavy atom. The number of aromatic nitrogens is 3. The number of aliphatic hydroxyl groups excluding tert-OH is 1. The van der Waals surface area contributed by atoms with Crippen molar-refractivity contribution in [1.29, 1.82) is 0 Å². The van der Waals surface area contributed by atoms with E-state index in [2.05, 4.69) is 37.4 Å². The van der Waals surface area contributed by atoms with Gasteiger partial charge in [-0.2, -0.15) is 15.0 Å². The SMILES string of the molecule is CNc1nc(NCC(C)CCO)nc(N2CCCC2)n1. The van der Waals surface area contributed by atoms with E-state index in [4.69, 9.17) is 5.11 Å². The van der Waals surface area contributed by atoms with Gasteiger partial charge >= 0.3 is 0 Å². The molecule has 7 nitrogen and oxygen atoms in total. The average Bonchev–Trinajstić information content (AvgIpc) is 2.99. The third kappa shape index (κ3) is 3.93. The number of rotatable bonds is 7. The van der Waals surface area contributed by atoms with Crippen molar-refractivity contribution < 1.29 is 5.11 Å². The number of nitrogens with zero attached hydrogens (tertiary/aromatic N) is 4. The van der Waals surface area contributed by atoms with Gasteiger partial charge < -0.3 is 20.6 Å². The van der Waals surface area contributed by atoms with Gasteiger partial charge in [0.1, 0.15) is 0 Å². The third-order valence-electron chi connectivity index (χ3n) is 3.47. The molecule has 1 atom stereocenters. The molecule has 1 fully saturated rings. The van der Waals surface area contributed by atoms with Crippen LogP contribution in [-0.2, 0) is 0 Å². The van der Waals surface area contributed by atoms with Crippen LogP contribution in [0.1, 0.15) is 26.2 Å². The minimum atomic E-state index is 0.209. The Morgan fingerprint density at radius 3 is 2.55 bits per heavy atom. The molecule has 2 rings (SSSR count). The van der Waals surface area contributed by atoms with Crippen LogP contribution in [0, 0.1) is 5.92 Å². The molecule has 0 bridgehead atoms. The number of nitrogens with one attached hydrogen (secondary N) is 2. The Kier molecular flexibility index (Phi) is 5.34. The van der Waals surface area contributed by atoms with Crippen LogP contribution in [0.4, 0.5) is 17.8 Å². The van der Waals surface area contributed by atoms with Gasteiger partial charge in [0.2, 0.25) is 17.8 Å². The summed E-state index contributed by atoms with van der Waals surface area (Å²) in [5.74, 6) is 2.29. The first-order chi connectivity index (χ1) is 9.72. The zero-order valence-corrected chi connectivity index (χ0v) is 12.3. The second-order valence-electron chi connectivity index (χ2n) is 5.23. The van der Waals surface area contributed by atoms with Crippen molar-refractivity contribution in [2.75, 3.05) is 48.8 Å². The predicted octanol–water partition coefficient (Wildman–Crippen LogP) is 0.944. The van der Waals surface area contributed by atoms with Gasteiger partial charge in [0, 0.05) is 33.3 Å². The quantitative estimate of drug-likeness (QED) is 0.685. The lowest BCUT2D eigenvalue weighted by molar-refractivity contribution is 0.265. The molecule has 112 valence electrons. The molecule has 3 N–H and O–H groups in total. The van der Waals surface area contributed by atoms with Crippen molar-refractivity contribution >= 4 is 17.8 Å². The summed E-state index contributed by atoms with van der Waals surface area (Å²) in [4.78, 5) is 15.4. The topological polar surface area (TPSA) is 86.2 Å². The normalized spacial score (nSPS) is 16.2. The van der Waals surface area contributed by atoms with E-state index in [1.54, 1.807) is 7.05 Å². The van der Waals surface area contributed by atoms with Crippen LogP contribution in [-0.4, -0.2) is 53.3 Å². The zero-order chi connectivity index (χ0) is 14.4. The van der Waals surface area contributed by atoms with Crippen molar-refractivity contribution in [3.05, 3.63) is 0 Å². The van der Waals surface area contributed by atoms with Gasteiger partial charge in [0.15, 0.2) is 0 Å². The van der Waals surface area contributed by atoms with Gasteiger partial charge in [-0.1, -0.05) is 6.92 Å². The summed E-state index contributed by atoms with van der Waals surface area (Å²) >= 11 is 0. The van der Waals surface area contributed by atoms with Crippen LogP contribution in [0.5, 0.6) is 0 Å². The highest BCUT2D eigenvalue weighted by Gasteiger charge is 2.17. The molecule has 1 unspecified atom stereocenters. The minimum absolute atomic E-state index is 0.209. The number of aliphatic hydroxyl groups is 1. The first kappa shape index (κ1) is 14.8. The smallest absolute Gasteiger partial charge is 0.231 e. The van der Waals surface area contributed by atoms with Crippen LogP contribution in [0.2, 0.25) is 0 Å². The maximum absolute atomic E-state index is 8.92. The molecule has 1 aromatic rings. The van der Waals surface area contributed by atoms with Gasteiger partial charge in [-0.15, -0.1) is 0 Å². The summed E-state index contributed by atoms with van der Waals surface area (Å²) in [6.45, 7) is 5.06. The Hall–Kier alpha value is -1.63. The van der Waals surface area contributed by atoms with Gasteiger partial charge in [0.25, 0.3) is 0 Å². The van der Waals surface area contributed by atoms with E-state index in [1.807, 2.05) is 0 Å². The Morgan fingerprint density at radius 1 is 1.20 bits per heavy atom. The van der Waals surface area contributed by atoms with Gasteiger partial charge in [-0.05, 0) is 25.2 Å². The van der Waals surface area contributed by atoms with Crippen molar-refractivity contribution in [1.82, 2.24) is 15.0 Å². The van der Waals surface area contributed by atoms with Crippen molar-refractivity contribution in [3.63, 3.8) is 0 Å². The second kappa shape index (κ2) is 7.23. The lowest BCUT2D eigenvalue weighted by atomic mass is 10.1. The summed E-state index contributed by atoms with van der Waals surface area (Å²) in [5.41, 5.74) is 0. The molecule has 1 aliphatic rings. The summed E-state index contributed by atoms with van der Waals surface area (Å²) in [7, 11) is 1.81. The fraction of sp³-hybridized carbons (Fsp3) is 0.769. The van der Waals surface area contributed by atoms with Crippen LogP contribution < -0.4 is 15.5 Å². The maximum atomic E-state index is 8.92. The summed E-state index contributed by atoms with van der Waals surface area (Å²) < 4.78 is 0. The monoisotopic (exact) mass is 280 g/mol. The van der Waals surface area contributed by atoms with Crippen molar-refractivity contribution in [3.8, 4) is 0 Å². The highest BCUT2D eigenvalue weighted by atomic mass is 16.3. The lowest BCUT2D eigenvalue weighted by Crippen LogP contribution is -2.23. The first-order valence-electron chi connectivity index (χ1n) is 7.26. The van der Waals surface area contributed by atoms with Gasteiger partial charge in [-0.3, -0.25) is 0 Å². The molecule has 0 radical (unpaired) electrons. The van der Waals surface area contributed by atoms with Crippen LogP contribution in [0.25, 0.3) is 0 Å². The van der Waals surface area contributed by atoms with Crippen LogP contribution in [0.3, 0.4) is 0 Å². The molecule has 2 heterocycles. The zero-order valence-electron chi connectivity index (χ0n) is 12.3. The van der Waals surface area contributed by atoms with E-state index in [0.717, 1.165) is 32.0 Å². The molecular formula is C13H24N6O. The fourth-order valence-electron chi connectivity index (χ4n) is 2.20. The van der Waals surface area contributed by atoms with E-state index < -0.39 is 0 Å². The standard InChI is InChI=1S/C13H24N6O/c1-10(5-8-20)9-15-12-16-11(14-2)17-13(18-12)19-6-3-4-7-19/h10,20H,3-9H2,1-2H3,(H2,14,15,16,17,18). The summed E-state index contributed by atoms with van der Waals surface area (Å²) in [6, 6.07) is 0. The summed E-state index contributed by atoms with van der Waals surface area (Å²) in [6.07, 6.45) is 3.16. The molecule has 7 heteroatoms. The maximum Gasteiger partial charge on any atom is 0.231 e. The molecular weight excluding hydrogens is 256 g/mol. The van der Waals surface area contributed by atoms with E-state index >= 15 is 0 Å². The second-order valence-corrected chi connectivity index (χ2v) is 5.23. The molecule has 0 aromatic carbocycles. The molecule has 1 aliphatic heterocycles. The lowest BCUT2D eigenvalue weighted by Gasteiger charge is -2.17. The molecule has 0 saturated carbocycles. The minimum Gasteiger partial charge on any atom is -0.396 e. The van der Waals surface area contributed by atoms with Gasteiger partial charge in [0.05, 0.1) is 0 Å². The highest BCUT2D eigenvalue weighted by Crippen LogP contribution is 2.18. The average molecular weight is 280 g/mol. The van der Waals surface area contributed by atoms with Crippen LogP contribution in [0.15, 0.2) is 0 Å². The number of hydrogen-bond donors (Lipinski definition) is 3. The molecule has 1 aromatic heterocycles. The van der Waals surface area contributed by atoms with Crippen LogP contribution >= 0.6 is 0 Å². The van der Waals surface area contributed by atoms with E-state index in [1.165, 1.54) is 12.8 Å². The molecule has 1 saturated heterocycles.